The molecular formula is C84H64N6. The van der Waals surface area contributed by atoms with E-state index in [1.165, 1.54) is 0 Å². The first kappa shape index (κ1) is 55.7. The van der Waals surface area contributed by atoms with Crippen molar-refractivity contribution in [3.8, 4) is 33.4 Å². The quantitative estimate of drug-likeness (QED) is 0.0746. The molecule has 0 amide bonds. The fourth-order valence-electron chi connectivity index (χ4n) is 11.8. The topological polar surface area (TPSA) is 19.4 Å². The molecule has 14 aromatic rings. The highest BCUT2D eigenvalue weighted by Gasteiger charge is 2.25. The number of para-hydroxylation sites is 8. The van der Waals surface area contributed by atoms with Crippen molar-refractivity contribution in [3.05, 3.63) is 388 Å². The number of rotatable bonds is 19. The van der Waals surface area contributed by atoms with Gasteiger partial charge in [-0.05, 0) is 203 Å². The first-order chi connectivity index (χ1) is 44.7. The highest BCUT2D eigenvalue weighted by atomic mass is 15.6. The number of nitrogens with zero attached hydrogens (tertiary/aromatic N) is 6. The Morgan fingerprint density at radius 2 is 0.211 bits per heavy atom. The number of anilines is 14. The molecule has 14 rings (SSSR count). The van der Waals surface area contributed by atoms with Gasteiger partial charge in [0.1, 0.15) is 0 Å². The van der Waals surface area contributed by atoms with Crippen LogP contribution in [0.4, 0.5) is 79.6 Å². The maximum absolute atomic E-state index is 2.30. The van der Waals surface area contributed by atoms with Crippen molar-refractivity contribution in [2.75, 3.05) is 29.8 Å². The molecule has 0 fully saturated rings. The molecule has 0 bridgehead atoms. The number of hydrazine groups is 2. The van der Waals surface area contributed by atoms with E-state index in [0.717, 1.165) is 113 Å². The van der Waals surface area contributed by atoms with Gasteiger partial charge in [0.15, 0.2) is 0 Å². The lowest BCUT2D eigenvalue weighted by Crippen LogP contribution is -2.35. The van der Waals surface area contributed by atoms with Crippen molar-refractivity contribution >= 4 is 79.6 Å². The summed E-state index contributed by atoms with van der Waals surface area (Å²) in [6.07, 6.45) is 0. The summed E-state index contributed by atoms with van der Waals surface area (Å²) in [5, 5.41) is 9.21. The van der Waals surface area contributed by atoms with Crippen molar-refractivity contribution in [2.24, 2.45) is 0 Å². The van der Waals surface area contributed by atoms with Crippen LogP contribution in [0, 0.1) is 0 Å². The molecule has 0 saturated heterocycles. The lowest BCUT2D eigenvalue weighted by atomic mass is 10.0. The SMILES string of the molecule is c1ccc(N(c2ccccc2)c2ccc(-c3ccc(N(c4ccccc4)N(c4ccccc4)c4ccc(-c5ccc(N(c6ccccc6)N(c6ccccc6)c6ccc(-c7ccc(N(c8ccccc8)c8ccccc8)cc7)cc6)cc5)cc4)cc3)cc2)cc1. The number of hydrogen-bond acceptors (Lipinski definition) is 6. The van der Waals surface area contributed by atoms with E-state index in [0.29, 0.717) is 0 Å². The van der Waals surface area contributed by atoms with Gasteiger partial charge in [-0.2, -0.15) is 0 Å². The van der Waals surface area contributed by atoms with Crippen LogP contribution in [-0.2, 0) is 0 Å². The standard InChI is InChI=1S/C84H64N6/c1-9-25-71(26-10-1)85(72-27-11-2-12-28-72)75-53-41-65(42-54-75)67-45-57-81(58-46-67)87(77-33-17-5-18-34-77)89(79-37-21-7-22-38-79)83-61-49-69(50-62-83)70-51-63-84(64-52-70)90(80-39-23-8-24-40-80)88(78-35-19-6-20-36-78)82-59-47-68(48-60-82)66-43-55-76(56-44-66)86(73-29-13-3-14-30-73)74-31-15-4-16-32-74/h1-64H. The minimum absolute atomic E-state index is 1.01. The molecule has 0 unspecified atom stereocenters. The smallest absolute Gasteiger partial charge is 0.0637 e. The Hall–Kier alpha value is -12.1. The average molecular weight is 1160 g/mol. The predicted octanol–water partition coefficient (Wildman–Crippen LogP) is 23.4. The molecule has 0 aliphatic rings. The zero-order valence-electron chi connectivity index (χ0n) is 49.6. The van der Waals surface area contributed by atoms with Gasteiger partial charge >= 0.3 is 0 Å². The van der Waals surface area contributed by atoms with Gasteiger partial charge in [0.25, 0.3) is 0 Å². The molecule has 14 aromatic carbocycles. The Balaban J connectivity index is 0.750. The second-order valence-electron chi connectivity index (χ2n) is 21.9. The van der Waals surface area contributed by atoms with Gasteiger partial charge in [0.2, 0.25) is 0 Å². The van der Waals surface area contributed by atoms with E-state index < -0.39 is 0 Å². The van der Waals surface area contributed by atoms with Gasteiger partial charge in [0, 0.05) is 34.1 Å². The van der Waals surface area contributed by atoms with Crippen LogP contribution in [-0.4, -0.2) is 0 Å². The molecule has 0 aromatic heterocycles. The molecule has 0 saturated carbocycles. The number of benzene rings is 14. The third kappa shape index (κ3) is 12.1. The molecule has 430 valence electrons. The normalized spacial score (nSPS) is 10.9. The van der Waals surface area contributed by atoms with Crippen LogP contribution in [0.3, 0.4) is 0 Å². The third-order valence-electron chi connectivity index (χ3n) is 16.2. The Bertz CT molecular complexity index is 4130. The van der Waals surface area contributed by atoms with E-state index >= 15 is 0 Å². The van der Waals surface area contributed by atoms with E-state index in [1.54, 1.807) is 0 Å². The summed E-state index contributed by atoms with van der Waals surface area (Å²) >= 11 is 0. The summed E-state index contributed by atoms with van der Waals surface area (Å²) in [4.78, 5) is 4.58. The lowest BCUT2D eigenvalue weighted by Gasteiger charge is -2.38. The molecule has 0 aliphatic carbocycles. The summed E-state index contributed by atoms with van der Waals surface area (Å²) in [7, 11) is 0. The van der Waals surface area contributed by atoms with Crippen LogP contribution in [0.25, 0.3) is 33.4 Å². The Labute approximate surface area is 528 Å². The Kier molecular flexibility index (Phi) is 16.3. The second-order valence-corrected chi connectivity index (χ2v) is 21.9. The molecular weight excluding hydrogens is 1090 g/mol. The predicted molar refractivity (Wildman–Crippen MR) is 379 cm³/mol. The average Bonchev–Trinajstić information content (AvgIpc) is 1.60. The van der Waals surface area contributed by atoms with Gasteiger partial charge < -0.3 is 9.80 Å². The van der Waals surface area contributed by atoms with E-state index in [2.05, 4.69) is 418 Å². The summed E-state index contributed by atoms with van der Waals surface area (Å²) in [5.41, 5.74) is 21.6. The molecule has 6 heteroatoms. The minimum atomic E-state index is 1.01. The Morgan fingerprint density at radius 1 is 0.100 bits per heavy atom. The lowest BCUT2D eigenvalue weighted by molar-refractivity contribution is 0.989. The molecule has 0 spiro atoms. The summed E-state index contributed by atoms with van der Waals surface area (Å²) in [6.45, 7) is 0. The van der Waals surface area contributed by atoms with Crippen LogP contribution < -0.4 is 29.8 Å². The van der Waals surface area contributed by atoms with E-state index in [1.807, 2.05) is 0 Å². The molecule has 90 heavy (non-hydrogen) atoms. The largest absolute Gasteiger partial charge is 0.311 e. The summed E-state index contributed by atoms with van der Waals surface area (Å²) < 4.78 is 0. The molecule has 0 N–H and O–H groups in total. The molecule has 0 heterocycles. The van der Waals surface area contributed by atoms with Crippen molar-refractivity contribution in [2.45, 2.75) is 0 Å². The molecule has 0 radical (unpaired) electrons. The highest BCUT2D eigenvalue weighted by Crippen LogP contribution is 2.43. The maximum Gasteiger partial charge on any atom is 0.0637 e. The van der Waals surface area contributed by atoms with Crippen LogP contribution >= 0.6 is 0 Å². The number of hydrogen-bond donors (Lipinski definition) is 0. The molecule has 0 atom stereocenters. The van der Waals surface area contributed by atoms with Crippen molar-refractivity contribution in [1.82, 2.24) is 0 Å². The summed E-state index contributed by atoms with van der Waals surface area (Å²) in [5.74, 6) is 0. The zero-order valence-corrected chi connectivity index (χ0v) is 49.6. The van der Waals surface area contributed by atoms with Gasteiger partial charge in [-0.1, -0.05) is 218 Å². The maximum atomic E-state index is 2.30. The van der Waals surface area contributed by atoms with E-state index in [4.69, 9.17) is 0 Å². The fourth-order valence-corrected chi connectivity index (χ4v) is 11.8. The first-order valence-electron chi connectivity index (χ1n) is 30.5. The van der Waals surface area contributed by atoms with Crippen LogP contribution in [0.1, 0.15) is 0 Å². The fraction of sp³-hybridized carbons (Fsp3) is 0. The monoisotopic (exact) mass is 1160 g/mol. The Morgan fingerprint density at radius 3 is 0.367 bits per heavy atom. The molecule has 6 nitrogen and oxygen atoms in total. The van der Waals surface area contributed by atoms with Crippen molar-refractivity contribution in [3.63, 3.8) is 0 Å². The zero-order chi connectivity index (χ0) is 60.3. The molecule has 0 aliphatic heterocycles. The van der Waals surface area contributed by atoms with Gasteiger partial charge in [-0.25, -0.2) is 20.0 Å². The van der Waals surface area contributed by atoms with E-state index in [9.17, 15) is 0 Å². The van der Waals surface area contributed by atoms with Gasteiger partial charge in [-0.15, -0.1) is 0 Å². The summed E-state index contributed by atoms with van der Waals surface area (Å²) in [6, 6.07) is 138. The highest BCUT2D eigenvalue weighted by molar-refractivity contribution is 5.85. The van der Waals surface area contributed by atoms with Crippen molar-refractivity contribution < 1.29 is 0 Å². The minimum Gasteiger partial charge on any atom is -0.311 e. The van der Waals surface area contributed by atoms with Crippen LogP contribution in [0.15, 0.2) is 388 Å². The van der Waals surface area contributed by atoms with Crippen LogP contribution in [0.2, 0.25) is 0 Å². The van der Waals surface area contributed by atoms with Gasteiger partial charge in [0.05, 0.1) is 45.5 Å². The third-order valence-corrected chi connectivity index (χ3v) is 16.2. The van der Waals surface area contributed by atoms with E-state index in [-0.39, 0.29) is 0 Å². The van der Waals surface area contributed by atoms with Crippen molar-refractivity contribution in [1.29, 1.82) is 0 Å². The van der Waals surface area contributed by atoms with Gasteiger partial charge in [-0.3, -0.25) is 0 Å². The second kappa shape index (κ2) is 26.2. The van der Waals surface area contributed by atoms with Crippen LogP contribution in [0.5, 0.6) is 0 Å². The first-order valence-corrected chi connectivity index (χ1v) is 30.5.